The van der Waals surface area contributed by atoms with Gasteiger partial charge in [0.15, 0.2) is 5.11 Å². The topological polar surface area (TPSA) is 24.5 Å². The Hall–Kier alpha value is -1.20. The molecule has 0 aromatic heterocycles. The number of nitrogens with zero attached hydrogens (tertiary/aromatic N) is 1. The van der Waals surface area contributed by atoms with E-state index in [-0.39, 0.29) is 11.9 Å². The van der Waals surface area contributed by atoms with Gasteiger partial charge in [0.2, 0.25) is 0 Å². The monoisotopic (exact) mass is 282 g/mol. The maximum absolute atomic E-state index is 13.1. The Labute approximate surface area is 118 Å². The molecule has 0 bridgehead atoms. The fourth-order valence-electron chi connectivity index (χ4n) is 2.12. The van der Waals surface area contributed by atoms with Crippen molar-refractivity contribution in [2.75, 3.05) is 20.2 Å². The molecule has 1 aliphatic rings. The van der Waals surface area contributed by atoms with E-state index in [4.69, 9.17) is 17.0 Å². The fourth-order valence-corrected chi connectivity index (χ4v) is 2.27. The predicted molar refractivity (Wildman–Crippen MR) is 77.4 cm³/mol. The quantitative estimate of drug-likeness (QED) is 0.857. The summed E-state index contributed by atoms with van der Waals surface area (Å²) in [7, 11) is 1.90. The van der Waals surface area contributed by atoms with Crippen molar-refractivity contribution in [2.45, 2.75) is 25.5 Å². The van der Waals surface area contributed by atoms with E-state index in [0.717, 1.165) is 31.6 Å². The van der Waals surface area contributed by atoms with Gasteiger partial charge in [-0.05, 0) is 42.8 Å². The van der Waals surface area contributed by atoms with E-state index < -0.39 is 0 Å². The van der Waals surface area contributed by atoms with Crippen LogP contribution in [0, 0.1) is 5.82 Å². The summed E-state index contributed by atoms with van der Waals surface area (Å²) in [5.74, 6) is -0.218. The van der Waals surface area contributed by atoms with Crippen LogP contribution in [0.3, 0.4) is 0 Å². The first-order chi connectivity index (χ1) is 9.15. The number of hydrogen-bond donors (Lipinski definition) is 1. The standard InChI is InChI=1S/C14H19FN2OS/c1-17(10-11-4-2-5-12(15)8-11)14(19)16-9-13-6-3-7-18-13/h2,4-5,8,13H,3,6-7,9-10H2,1H3,(H,16,19)/t13-/m1/s1. The Bertz CT molecular complexity index is 435. The molecule has 1 fully saturated rings. The van der Waals surface area contributed by atoms with Crippen LogP contribution in [-0.2, 0) is 11.3 Å². The van der Waals surface area contributed by atoms with E-state index in [0.29, 0.717) is 11.7 Å². The van der Waals surface area contributed by atoms with Crippen LogP contribution in [0.5, 0.6) is 0 Å². The Morgan fingerprint density at radius 3 is 3.11 bits per heavy atom. The normalized spacial score (nSPS) is 18.3. The minimum atomic E-state index is -0.218. The highest BCUT2D eigenvalue weighted by Crippen LogP contribution is 2.11. The average Bonchev–Trinajstić information content (AvgIpc) is 2.89. The van der Waals surface area contributed by atoms with E-state index in [1.807, 2.05) is 18.0 Å². The van der Waals surface area contributed by atoms with Crippen LogP contribution < -0.4 is 5.32 Å². The number of rotatable bonds is 4. The zero-order chi connectivity index (χ0) is 13.7. The maximum atomic E-state index is 13.1. The molecular weight excluding hydrogens is 263 g/mol. The lowest BCUT2D eigenvalue weighted by Crippen LogP contribution is -2.40. The molecular formula is C14H19FN2OS. The van der Waals surface area contributed by atoms with Crippen LogP contribution in [0.4, 0.5) is 4.39 Å². The number of hydrogen-bond acceptors (Lipinski definition) is 2. The van der Waals surface area contributed by atoms with E-state index in [1.54, 1.807) is 6.07 Å². The molecule has 1 aromatic carbocycles. The highest BCUT2D eigenvalue weighted by atomic mass is 32.1. The number of halogens is 1. The number of thiocarbonyl (C=S) groups is 1. The predicted octanol–water partition coefficient (Wildman–Crippen LogP) is 2.31. The molecule has 104 valence electrons. The van der Waals surface area contributed by atoms with Gasteiger partial charge in [0.25, 0.3) is 0 Å². The van der Waals surface area contributed by atoms with Gasteiger partial charge in [0.05, 0.1) is 6.10 Å². The van der Waals surface area contributed by atoms with Crippen molar-refractivity contribution in [1.82, 2.24) is 10.2 Å². The molecule has 0 saturated carbocycles. The molecule has 2 rings (SSSR count). The summed E-state index contributed by atoms with van der Waals surface area (Å²) >= 11 is 5.31. The van der Waals surface area contributed by atoms with Crippen molar-refractivity contribution in [1.29, 1.82) is 0 Å². The third-order valence-electron chi connectivity index (χ3n) is 3.16. The van der Waals surface area contributed by atoms with Gasteiger partial charge in [-0.1, -0.05) is 12.1 Å². The summed E-state index contributed by atoms with van der Waals surface area (Å²) in [6, 6.07) is 6.57. The van der Waals surface area contributed by atoms with Crippen molar-refractivity contribution in [3.05, 3.63) is 35.6 Å². The molecule has 1 atom stereocenters. The summed E-state index contributed by atoms with van der Waals surface area (Å²) in [6.07, 6.45) is 2.47. The van der Waals surface area contributed by atoms with Crippen LogP contribution in [0.1, 0.15) is 18.4 Å². The lowest BCUT2D eigenvalue weighted by atomic mass is 10.2. The minimum Gasteiger partial charge on any atom is -0.376 e. The molecule has 3 nitrogen and oxygen atoms in total. The molecule has 5 heteroatoms. The fraction of sp³-hybridized carbons (Fsp3) is 0.500. The second-order valence-electron chi connectivity index (χ2n) is 4.81. The summed E-state index contributed by atoms with van der Waals surface area (Å²) < 4.78 is 18.6. The first-order valence-corrected chi connectivity index (χ1v) is 6.91. The second kappa shape index (κ2) is 6.82. The van der Waals surface area contributed by atoms with Crippen LogP contribution in [0.15, 0.2) is 24.3 Å². The molecule has 1 N–H and O–H groups in total. The van der Waals surface area contributed by atoms with Crippen LogP contribution in [0.2, 0.25) is 0 Å². The highest BCUT2D eigenvalue weighted by Gasteiger charge is 2.16. The van der Waals surface area contributed by atoms with E-state index in [9.17, 15) is 4.39 Å². The number of benzene rings is 1. The lowest BCUT2D eigenvalue weighted by Gasteiger charge is -2.22. The van der Waals surface area contributed by atoms with Crippen LogP contribution in [-0.4, -0.2) is 36.3 Å². The average molecular weight is 282 g/mol. The highest BCUT2D eigenvalue weighted by molar-refractivity contribution is 7.80. The smallest absolute Gasteiger partial charge is 0.169 e. The molecule has 1 saturated heterocycles. The number of ether oxygens (including phenoxy) is 1. The van der Waals surface area contributed by atoms with Crippen molar-refractivity contribution >= 4 is 17.3 Å². The largest absolute Gasteiger partial charge is 0.376 e. The van der Waals surface area contributed by atoms with Crippen molar-refractivity contribution in [3.63, 3.8) is 0 Å². The Morgan fingerprint density at radius 2 is 2.42 bits per heavy atom. The molecule has 0 aliphatic carbocycles. The van der Waals surface area contributed by atoms with Gasteiger partial charge in [-0.15, -0.1) is 0 Å². The lowest BCUT2D eigenvalue weighted by molar-refractivity contribution is 0.113. The van der Waals surface area contributed by atoms with Crippen molar-refractivity contribution in [3.8, 4) is 0 Å². The van der Waals surface area contributed by atoms with Crippen LogP contribution >= 0.6 is 12.2 Å². The van der Waals surface area contributed by atoms with Crippen molar-refractivity contribution < 1.29 is 9.13 Å². The molecule has 1 heterocycles. The summed E-state index contributed by atoms with van der Waals surface area (Å²) in [6.45, 7) is 2.18. The van der Waals surface area contributed by atoms with Crippen molar-refractivity contribution in [2.24, 2.45) is 0 Å². The van der Waals surface area contributed by atoms with Gasteiger partial charge in [-0.3, -0.25) is 0 Å². The third kappa shape index (κ3) is 4.44. The van der Waals surface area contributed by atoms with Gasteiger partial charge in [0, 0.05) is 26.7 Å². The molecule has 0 unspecified atom stereocenters. The van der Waals surface area contributed by atoms with Crippen LogP contribution in [0.25, 0.3) is 0 Å². The van der Waals surface area contributed by atoms with E-state index >= 15 is 0 Å². The second-order valence-corrected chi connectivity index (χ2v) is 5.19. The molecule has 0 radical (unpaired) electrons. The van der Waals surface area contributed by atoms with Gasteiger partial charge >= 0.3 is 0 Å². The molecule has 19 heavy (non-hydrogen) atoms. The zero-order valence-corrected chi connectivity index (χ0v) is 11.9. The molecule has 0 spiro atoms. The van der Waals surface area contributed by atoms with Gasteiger partial charge in [-0.25, -0.2) is 4.39 Å². The maximum Gasteiger partial charge on any atom is 0.169 e. The summed E-state index contributed by atoms with van der Waals surface area (Å²) in [5.41, 5.74) is 0.906. The summed E-state index contributed by atoms with van der Waals surface area (Å²) in [4.78, 5) is 1.90. The van der Waals surface area contributed by atoms with E-state index in [1.165, 1.54) is 12.1 Å². The van der Waals surface area contributed by atoms with Gasteiger partial charge < -0.3 is 15.0 Å². The molecule has 1 aliphatic heterocycles. The summed E-state index contributed by atoms with van der Waals surface area (Å²) in [5, 5.41) is 3.86. The third-order valence-corrected chi connectivity index (χ3v) is 3.62. The molecule has 0 amide bonds. The van der Waals surface area contributed by atoms with E-state index in [2.05, 4.69) is 5.32 Å². The number of nitrogens with one attached hydrogen (secondary N) is 1. The minimum absolute atomic E-state index is 0.218. The first-order valence-electron chi connectivity index (χ1n) is 6.50. The Balaban J connectivity index is 1.78. The zero-order valence-electron chi connectivity index (χ0n) is 11.1. The SMILES string of the molecule is CN(Cc1cccc(F)c1)C(=S)NC[C@H]1CCCO1. The Morgan fingerprint density at radius 1 is 1.58 bits per heavy atom. The Kier molecular flexibility index (Phi) is 5.10. The van der Waals surface area contributed by atoms with Gasteiger partial charge in [0.1, 0.15) is 5.82 Å². The first kappa shape index (κ1) is 14.2. The van der Waals surface area contributed by atoms with Gasteiger partial charge in [-0.2, -0.15) is 0 Å². The molecule has 1 aromatic rings.